The molecule has 0 aliphatic carbocycles. The average Bonchev–Trinajstić information content (AvgIpc) is 3.88. The van der Waals surface area contributed by atoms with Crippen molar-refractivity contribution in [1.82, 2.24) is 9.97 Å². The van der Waals surface area contributed by atoms with Crippen molar-refractivity contribution in [3.05, 3.63) is 169 Å². The van der Waals surface area contributed by atoms with E-state index in [-0.39, 0.29) is 0 Å². The lowest BCUT2D eigenvalue weighted by Crippen LogP contribution is -2.07. The number of nitrogens with zero attached hydrogens (tertiary/aromatic N) is 4. The largest absolute Gasteiger partial charge is 0.435 e. The monoisotopic (exact) mass is 704 g/mol. The van der Waals surface area contributed by atoms with Gasteiger partial charge < -0.3 is 18.6 Å². The predicted octanol–water partition coefficient (Wildman–Crippen LogP) is 12.0. The van der Waals surface area contributed by atoms with Crippen LogP contribution in [0.2, 0.25) is 0 Å². The zero-order chi connectivity index (χ0) is 37.0. The van der Waals surface area contributed by atoms with Crippen molar-refractivity contribution < 1.29 is 8.83 Å². The molecule has 0 atom stereocenters. The van der Waals surface area contributed by atoms with Crippen LogP contribution in [0.4, 0.5) is 11.4 Å². The number of rotatable bonds is 10. The molecule has 0 N–H and O–H groups in total. The Labute approximate surface area is 316 Å². The lowest BCUT2D eigenvalue weighted by molar-refractivity contribution is 0.589. The highest BCUT2D eigenvalue weighted by Gasteiger charge is 2.20. The molecule has 0 saturated carbocycles. The summed E-state index contributed by atoms with van der Waals surface area (Å²) in [6, 6.07) is 53.7. The minimum atomic E-state index is 0.586. The number of aromatic nitrogens is 2. The first-order valence-electron chi connectivity index (χ1n) is 18.0. The van der Waals surface area contributed by atoms with Crippen molar-refractivity contribution in [2.45, 2.75) is 0 Å². The lowest BCUT2D eigenvalue weighted by Gasteiger charge is -2.12. The molecule has 54 heavy (non-hydrogen) atoms. The molecule has 264 valence electrons. The molecule has 8 rings (SSSR count). The zero-order valence-corrected chi connectivity index (χ0v) is 30.8. The highest BCUT2D eigenvalue weighted by Crippen LogP contribution is 2.38. The van der Waals surface area contributed by atoms with Gasteiger partial charge in [0.2, 0.25) is 11.8 Å². The van der Waals surface area contributed by atoms with Crippen molar-refractivity contribution >= 4 is 23.5 Å². The lowest BCUT2D eigenvalue weighted by atomic mass is 10.1. The van der Waals surface area contributed by atoms with E-state index in [9.17, 15) is 0 Å². The summed E-state index contributed by atoms with van der Waals surface area (Å²) in [4.78, 5) is 14.2. The first kappa shape index (κ1) is 34.2. The molecule has 6 aromatic carbocycles. The third-order valence-electron chi connectivity index (χ3n) is 9.42. The van der Waals surface area contributed by atoms with Crippen molar-refractivity contribution in [3.63, 3.8) is 0 Å². The minimum absolute atomic E-state index is 0.586. The van der Waals surface area contributed by atoms with Gasteiger partial charge in [0.05, 0.1) is 0 Å². The molecular weight excluding hydrogens is 665 g/mol. The fourth-order valence-electron chi connectivity index (χ4n) is 6.35. The van der Waals surface area contributed by atoms with E-state index in [0.29, 0.717) is 11.8 Å². The van der Waals surface area contributed by atoms with Gasteiger partial charge in [-0.2, -0.15) is 0 Å². The van der Waals surface area contributed by atoms with Crippen LogP contribution in [-0.4, -0.2) is 38.2 Å². The van der Waals surface area contributed by atoms with Crippen molar-refractivity contribution in [2.24, 2.45) is 0 Å². The Hall–Kier alpha value is -6.92. The van der Waals surface area contributed by atoms with E-state index >= 15 is 0 Å². The van der Waals surface area contributed by atoms with Gasteiger partial charge in [-0.1, -0.05) is 121 Å². The number of oxazole rings is 2. The van der Waals surface area contributed by atoms with Gasteiger partial charge in [-0.15, -0.1) is 0 Å². The Morgan fingerprint density at radius 3 is 1.04 bits per heavy atom. The van der Waals surface area contributed by atoms with E-state index in [1.54, 1.807) is 0 Å². The first-order chi connectivity index (χ1) is 26.4. The highest BCUT2D eigenvalue weighted by molar-refractivity contribution is 5.82. The summed E-state index contributed by atoms with van der Waals surface area (Å²) in [5, 5.41) is 0. The molecule has 0 aliphatic rings. The van der Waals surface area contributed by atoms with Gasteiger partial charge in [0.25, 0.3) is 0 Å². The van der Waals surface area contributed by atoms with Gasteiger partial charge in [-0.05, 0) is 59.7 Å². The smallest absolute Gasteiger partial charge is 0.227 e. The van der Waals surface area contributed by atoms with E-state index in [4.69, 9.17) is 18.8 Å². The van der Waals surface area contributed by atoms with E-state index in [0.717, 1.165) is 78.8 Å². The quantitative estimate of drug-likeness (QED) is 0.132. The van der Waals surface area contributed by atoms with Crippen LogP contribution in [0, 0.1) is 0 Å². The third kappa shape index (κ3) is 7.23. The molecule has 6 heteroatoms. The Morgan fingerprint density at radius 2 is 0.704 bits per heavy atom. The van der Waals surface area contributed by atoms with Crippen LogP contribution in [0.5, 0.6) is 0 Å². The normalized spacial score (nSPS) is 11.3. The number of anilines is 2. The summed E-state index contributed by atoms with van der Waals surface area (Å²) in [5.74, 6) is 2.68. The molecule has 0 fully saturated rings. The Morgan fingerprint density at radius 1 is 0.370 bits per heavy atom. The van der Waals surface area contributed by atoms with Crippen molar-refractivity contribution in [3.8, 4) is 68.1 Å². The summed E-state index contributed by atoms with van der Waals surface area (Å²) < 4.78 is 12.9. The second-order valence-electron chi connectivity index (χ2n) is 13.6. The van der Waals surface area contributed by atoms with Crippen molar-refractivity contribution in [2.75, 3.05) is 38.0 Å². The molecule has 0 spiro atoms. The molecule has 6 nitrogen and oxygen atoms in total. The van der Waals surface area contributed by atoms with Crippen LogP contribution >= 0.6 is 0 Å². The molecule has 0 amide bonds. The van der Waals surface area contributed by atoms with Crippen LogP contribution in [0.25, 0.3) is 80.2 Å². The second-order valence-corrected chi connectivity index (χ2v) is 13.6. The van der Waals surface area contributed by atoms with Crippen LogP contribution in [0.15, 0.2) is 167 Å². The Bertz CT molecular complexity index is 2320. The summed E-state index contributed by atoms with van der Waals surface area (Å²) in [7, 11) is 8.15. The molecule has 8 aromatic rings. The van der Waals surface area contributed by atoms with Gasteiger partial charge in [0.1, 0.15) is 11.4 Å². The second kappa shape index (κ2) is 15.0. The Balaban J connectivity index is 1.02. The molecule has 2 heterocycles. The molecule has 0 radical (unpaired) electrons. The summed E-state index contributed by atoms with van der Waals surface area (Å²) in [6.45, 7) is 0. The average molecular weight is 705 g/mol. The maximum absolute atomic E-state index is 6.45. The maximum Gasteiger partial charge on any atom is 0.227 e. The van der Waals surface area contributed by atoms with E-state index in [1.165, 1.54) is 0 Å². The topological polar surface area (TPSA) is 58.5 Å². The highest BCUT2D eigenvalue weighted by atomic mass is 16.4. The standard InChI is InChI=1S/C48H40N4O2/c1-51(2)41-29-25-35(26-30-41)43-45(37-11-7-5-8-12-37)53-47(49-43)39-21-17-33(18-22-39)15-16-34-19-23-40(24-20-34)48-50-44(36-27-31-42(32-28-36)52(3)4)46(54-48)38-13-9-6-10-14-38/h5-32H,1-4H3. The third-order valence-corrected chi connectivity index (χ3v) is 9.42. The summed E-state index contributed by atoms with van der Waals surface area (Å²) in [6.07, 6.45) is 4.21. The SMILES string of the molecule is CN(C)c1ccc(-c2nc(-c3ccc(C=Cc4ccc(-c5nc(-c6ccc(N(C)C)cc6)c(-c6ccccc6)o5)cc4)cc3)oc2-c2ccccc2)cc1. The molecule has 0 saturated heterocycles. The Kier molecular flexibility index (Phi) is 9.48. The summed E-state index contributed by atoms with van der Waals surface area (Å²) >= 11 is 0. The molecule has 0 bridgehead atoms. The number of hydrogen-bond acceptors (Lipinski definition) is 6. The van der Waals surface area contributed by atoms with Crippen LogP contribution in [0.3, 0.4) is 0 Å². The van der Waals surface area contributed by atoms with Gasteiger partial charge in [0.15, 0.2) is 11.5 Å². The maximum atomic E-state index is 6.45. The zero-order valence-electron chi connectivity index (χ0n) is 30.8. The van der Waals surface area contributed by atoms with E-state index in [2.05, 4.69) is 143 Å². The fourth-order valence-corrected chi connectivity index (χ4v) is 6.35. The molecule has 2 aromatic heterocycles. The van der Waals surface area contributed by atoms with Crippen LogP contribution in [-0.2, 0) is 0 Å². The minimum Gasteiger partial charge on any atom is -0.435 e. The first-order valence-corrected chi connectivity index (χ1v) is 18.0. The molecular formula is C48H40N4O2. The van der Waals surface area contributed by atoms with Gasteiger partial charge in [-0.3, -0.25) is 0 Å². The van der Waals surface area contributed by atoms with Gasteiger partial charge in [0, 0.05) is 72.9 Å². The van der Waals surface area contributed by atoms with Gasteiger partial charge >= 0.3 is 0 Å². The molecule has 0 aliphatic heterocycles. The number of hydrogen-bond donors (Lipinski definition) is 0. The predicted molar refractivity (Wildman–Crippen MR) is 223 cm³/mol. The summed E-state index contributed by atoms with van der Waals surface area (Å²) in [5.41, 5.74) is 11.9. The van der Waals surface area contributed by atoms with Gasteiger partial charge in [-0.25, -0.2) is 9.97 Å². The van der Waals surface area contributed by atoms with Crippen LogP contribution in [0.1, 0.15) is 11.1 Å². The van der Waals surface area contributed by atoms with E-state index < -0.39 is 0 Å². The van der Waals surface area contributed by atoms with Crippen molar-refractivity contribution in [1.29, 1.82) is 0 Å². The molecule has 0 unspecified atom stereocenters. The number of benzene rings is 6. The fraction of sp³-hybridized carbons (Fsp3) is 0.0833. The van der Waals surface area contributed by atoms with Crippen LogP contribution < -0.4 is 9.80 Å². The van der Waals surface area contributed by atoms with E-state index in [1.807, 2.05) is 64.6 Å².